The molecule has 1 aliphatic heterocycles. The van der Waals surface area contributed by atoms with E-state index < -0.39 is 0 Å². The van der Waals surface area contributed by atoms with Gasteiger partial charge in [0.2, 0.25) is 0 Å². The summed E-state index contributed by atoms with van der Waals surface area (Å²) in [5, 5.41) is 0. The van der Waals surface area contributed by atoms with Crippen LogP contribution in [0.25, 0.3) is 0 Å². The Morgan fingerprint density at radius 1 is 1.08 bits per heavy atom. The van der Waals surface area contributed by atoms with Gasteiger partial charge in [0.05, 0.1) is 0 Å². The smallest absolute Gasteiger partial charge is 0.0110 e. The summed E-state index contributed by atoms with van der Waals surface area (Å²) in [6, 6.07) is 0. The van der Waals surface area contributed by atoms with E-state index in [1.165, 1.54) is 39.1 Å². The van der Waals surface area contributed by atoms with Gasteiger partial charge in [-0.15, -0.1) is 0 Å². The second-order valence-corrected chi connectivity index (χ2v) is 3.80. The molecule has 1 rings (SSSR count). The molecule has 0 unspecified atom stereocenters. The fourth-order valence-electron chi connectivity index (χ4n) is 1.71. The zero-order valence-corrected chi connectivity index (χ0v) is 8.89. The maximum absolute atomic E-state index is 4.26. The molecule has 0 N–H and O–H groups in total. The van der Waals surface area contributed by atoms with Crippen LogP contribution in [0.4, 0.5) is 0 Å². The minimum atomic E-state index is 0.992. The van der Waals surface area contributed by atoms with Gasteiger partial charge in [-0.1, -0.05) is 6.92 Å². The minimum absolute atomic E-state index is 0.992. The Morgan fingerprint density at radius 2 is 1.75 bits per heavy atom. The molecule has 0 amide bonds. The van der Waals surface area contributed by atoms with Crippen molar-refractivity contribution in [1.29, 1.82) is 0 Å². The van der Waals surface area contributed by atoms with E-state index in [0.29, 0.717) is 0 Å². The van der Waals surface area contributed by atoms with Gasteiger partial charge in [-0.05, 0) is 26.1 Å². The predicted octanol–water partition coefficient (Wildman–Crippen LogP) is 0.944. The summed E-state index contributed by atoms with van der Waals surface area (Å²) in [6.45, 7) is 9.61. The normalized spacial score (nSPS) is 22.5. The van der Waals surface area contributed by atoms with Crippen LogP contribution < -0.4 is 0 Å². The molecule has 3 heteroatoms. The minimum Gasteiger partial charge on any atom is -0.302 e. The highest BCUT2D eigenvalue weighted by Gasteiger charge is 2.11. The highest BCUT2D eigenvalue weighted by molar-refractivity contribution is 7.80. The number of rotatable bonds is 3. The molecule has 0 aliphatic carbocycles. The Bertz CT molecular complexity index is 119. The molecule has 0 aromatic rings. The SMILES string of the molecule is CCN1CCCN(CCS)CC1. The van der Waals surface area contributed by atoms with Crippen molar-refractivity contribution in [3.05, 3.63) is 0 Å². The van der Waals surface area contributed by atoms with Crippen molar-refractivity contribution >= 4 is 12.6 Å². The first-order valence-corrected chi connectivity index (χ1v) is 5.55. The van der Waals surface area contributed by atoms with Crippen molar-refractivity contribution in [2.75, 3.05) is 45.0 Å². The molecular weight excluding hydrogens is 168 g/mol. The van der Waals surface area contributed by atoms with Crippen LogP contribution in [0, 0.1) is 0 Å². The van der Waals surface area contributed by atoms with E-state index in [1.807, 2.05) is 0 Å². The summed E-state index contributed by atoms with van der Waals surface area (Å²) in [5.41, 5.74) is 0. The van der Waals surface area contributed by atoms with Crippen LogP contribution in [0.1, 0.15) is 13.3 Å². The van der Waals surface area contributed by atoms with E-state index in [0.717, 1.165) is 12.3 Å². The van der Waals surface area contributed by atoms with Crippen LogP contribution in [-0.2, 0) is 0 Å². The standard InChI is InChI=1S/C9H20N2S/c1-2-10-4-3-5-11(7-6-10)8-9-12/h12H,2-9H2,1H3. The lowest BCUT2D eigenvalue weighted by Crippen LogP contribution is -2.31. The van der Waals surface area contributed by atoms with E-state index in [9.17, 15) is 0 Å². The summed E-state index contributed by atoms with van der Waals surface area (Å²) in [6.07, 6.45) is 1.32. The van der Waals surface area contributed by atoms with Crippen LogP contribution in [0.3, 0.4) is 0 Å². The number of likely N-dealkylation sites (N-methyl/N-ethyl adjacent to an activating group) is 1. The van der Waals surface area contributed by atoms with Gasteiger partial charge < -0.3 is 9.80 Å². The topological polar surface area (TPSA) is 6.48 Å². The molecule has 0 bridgehead atoms. The van der Waals surface area contributed by atoms with Crippen molar-refractivity contribution in [2.24, 2.45) is 0 Å². The first-order valence-electron chi connectivity index (χ1n) is 4.92. The average Bonchev–Trinajstić information content (AvgIpc) is 2.31. The fourth-order valence-corrected chi connectivity index (χ4v) is 1.99. The summed E-state index contributed by atoms with van der Waals surface area (Å²) in [7, 11) is 0. The molecule has 1 heterocycles. The zero-order valence-electron chi connectivity index (χ0n) is 8.00. The van der Waals surface area contributed by atoms with Gasteiger partial charge in [-0.3, -0.25) is 0 Å². The molecule has 0 radical (unpaired) electrons. The highest BCUT2D eigenvalue weighted by Crippen LogP contribution is 2.02. The fraction of sp³-hybridized carbons (Fsp3) is 1.00. The molecular formula is C9H20N2S. The van der Waals surface area contributed by atoms with Gasteiger partial charge in [-0.25, -0.2) is 0 Å². The summed E-state index contributed by atoms with van der Waals surface area (Å²) >= 11 is 4.26. The molecule has 0 aromatic carbocycles. The van der Waals surface area contributed by atoms with E-state index >= 15 is 0 Å². The third-order valence-electron chi connectivity index (χ3n) is 2.54. The molecule has 0 saturated carbocycles. The second kappa shape index (κ2) is 5.84. The van der Waals surface area contributed by atoms with Crippen LogP contribution in [-0.4, -0.2) is 54.8 Å². The Balaban J connectivity index is 2.24. The maximum atomic E-state index is 4.26. The van der Waals surface area contributed by atoms with Gasteiger partial charge in [0.1, 0.15) is 0 Å². The van der Waals surface area contributed by atoms with Crippen molar-refractivity contribution in [2.45, 2.75) is 13.3 Å². The van der Waals surface area contributed by atoms with Gasteiger partial charge >= 0.3 is 0 Å². The lowest BCUT2D eigenvalue weighted by Gasteiger charge is -2.19. The third kappa shape index (κ3) is 3.33. The molecule has 1 fully saturated rings. The highest BCUT2D eigenvalue weighted by atomic mass is 32.1. The first kappa shape index (κ1) is 10.4. The summed E-state index contributed by atoms with van der Waals surface area (Å²) < 4.78 is 0. The second-order valence-electron chi connectivity index (χ2n) is 3.35. The largest absolute Gasteiger partial charge is 0.302 e. The Morgan fingerprint density at radius 3 is 2.42 bits per heavy atom. The summed E-state index contributed by atoms with van der Waals surface area (Å²) in [5.74, 6) is 0.992. The maximum Gasteiger partial charge on any atom is 0.0110 e. The van der Waals surface area contributed by atoms with Gasteiger partial charge in [-0.2, -0.15) is 12.6 Å². The van der Waals surface area contributed by atoms with Gasteiger partial charge in [0, 0.05) is 25.4 Å². The number of nitrogens with zero attached hydrogens (tertiary/aromatic N) is 2. The van der Waals surface area contributed by atoms with E-state index in [4.69, 9.17) is 0 Å². The van der Waals surface area contributed by atoms with Crippen molar-refractivity contribution < 1.29 is 0 Å². The lowest BCUT2D eigenvalue weighted by molar-refractivity contribution is 0.273. The van der Waals surface area contributed by atoms with E-state index in [2.05, 4.69) is 29.4 Å². The molecule has 0 aromatic heterocycles. The molecule has 1 aliphatic rings. The molecule has 1 saturated heterocycles. The Hall–Kier alpha value is 0.270. The van der Waals surface area contributed by atoms with E-state index in [-0.39, 0.29) is 0 Å². The van der Waals surface area contributed by atoms with Crippen LogP contribution in [0.2, 0.25) is 0 Å². The van der Waals surface area contributed by atoms with Crippen LogP contribution in [0.5, 0.6) is 0 Å². The molecule has 72 valence electrons. The Labute approximate surface area is 81.3 Å². The van der Waals surface area contributed by atoms with Crippen molar-refractivity contribution in [3.8, 4) is 0 Å². The van der Waals surface area contributed by atoms with Crippen molar-refractivity contribution in [1.82, 2.24) is 9.80 Å². The monoisotopic (exact) mass is 188 g/mol. The van der Waals surface area contributed by atoms with Crippen LogP contribution >= 0.6 is 12.6 Å². The molecule has 0 spiro atoms. The molecule has 0 atom stereocenters. The van der Waals surface area contributed by atoms with E-state index in [1.54, 1.807) is 0 Å². The number of hydrogen-bond acceptors (Lipinski definition) is 3. The van der Waals surface area contributed by atoms with Crippen LogP contribution in [0.15, 0.2) is 0 Å². The Kier molecular flexibility index (Phi) is 5.04. The lowest BCUT2D eigenvalue weighted by atomic mass is 10.4. The van der Waals surface area contributed by atoms with Gasteiger partial charge in [0.15, 0.2) is 0 Å². The average molecular weight is 188 g/mol. The first-order chi connectivity index (χ1) is 5.86. The third-order valence-corrected chi connectivity index (χ3v) is 2.74. The predicted molar refractivity (Wildman–Crippen MR) is 57.0 cm³/mol. The van der Waals surface area contributed by atoms with Crippen molar-refractivity contribution in [3.63, 3.8) is 0 Å². The molecule has 2 nitrogen and oxygen atoms in total. The molecule has 12 heavy (non-hydrogen) atoms. The number of hydrogen-bond donors (Lipinski definition) is 1. The number of thiol groups is 1. The van der Waals surface area contributed by atoms with Gasteiger partial charge in [0.25, 0.3) is 0 Å². The quantitative estimate of drug-likeness (QED) is 0.659. The summed E-state index contributed by atoms with van der Waals surface area (Å²) in [4.78, 5) is 5.04. The zero-order chi connectivity index (χ0) is 8.81.